The minimum absolute atomic E-state index is 0.261. The molecule has 1 unspecified atom stereocenters. The highest BCUT2D eigenvalue weighted by molar-refractivity contribution is 6.23. The smallest absolute Gasteiger partial charge is 0.166 e. The molecule has 0 fully saturated rings. The topological polar surface area (TPSA) is 0 Å². The van der Waals surface area contributed by atoms with Gasteiger partial charge >= 0.3 is 6.18 Å². The first-order valence-corrected chi connectivity index (χ1v) is 4.37. The lowest BCUT2D eigenvalue weighted by Gasteiger charge is -2.24. The first-order valence-electron chi connectivity index (χ1n) is 3.93. The van der Waals surface area contributed by atoms with E-state index in [0.717, 1.165) is 6.08 Å². The van der Waals surface area contributed by atoms with Crippen molar-refractivity contribution in [1.82, 2.24) is 0 Å². The molecular weight excluding hydrogens is 201 g/mol. The second-order valence-corrected chi connectivity index (χ2v) is 3.74. The number of hydrogen-bond donors (Lipinski definition) is 0. The van der Waals surface area contributed by atoms with Gasteiger partial charge in [-0.1, -0.05) is 18.6 Å². The van der Waals surface area contributed by atoms with Gasteiger partial charge in [-0.3, -0.25) is 0 Å². The van der Waals surface area contributed by atoms with E-state index < -0.39 is 17.1 Å². The van der Waals surface area contributed by atoms with Crippen molar-refractivity contribution in [1.29, 1.82) is 0 Å². The molecule has 0 spiro atoms. The molecule has 4 heteroatoms. The third-order valence-corrected chi connectivity index (χ3v) is 2.63. The summed E-state index contributed by atoms with van der Waals surface area (Å²) in [6.45, 7) is 3.32. The van der Waals surface area contributed by atoms with Crippen molar-refractivity contribution < 1.29 is 13.2 Å². The zero-order valence-corrected chi connectivity index (χ0v) is 8.08. The average Bonchev–Trinajstić information content (AvgIpc) is 1.94. The van der Waals surface area contributed by atoms with Gasteiger partial charge in [0.25, 0.3) is 0 Å². The van der Waals surface area contributed by atoms with Crippen molar-refractivity contribution in [2.45, 2.75) is 25.4 Å². The Morgan fingerprint density at radius 2 is 1.92 bits per heavy atom. The van der Waals surface area contributed by atoms with Gasteiger partial charge in [0.1, 0.15) is 0 Å². The molecule has 0 radical (unpaired) electrons. The van der Waals surface area contributed by atoms with Crippen molar-refractivity contribution in [3.05, 3.63) is 23.3 Å². The SMILES string of the molecule is CC1=C[C@H](C)C(Cl)C(C(F)(F)F)=C1. The van der Waals surface area contributed by atoms with E-state index in [1.165, 1.54) is 0 Å². The fourth-order valence-corrected chi connectivity index (χ4v) is 1.65. The number of rotatable bonds is 0. The van der Waals surface area contributed by atoms with Crippen molar-refractivity contribution >= 4 is 11.6 Å². The van der Waals surface area contributed by atoms with E-state index >= 15 is 0 Å². The van der Waals surface area contributed by atoms with Gasteiger partial charge in [-0.2, -0.15) is 13.2 Å². The normalized spacial score (nSPS) is 29.7. The van der Waals surface area contributed by atoms with E-state index in [0.29, 0.717) is 5.57 Å². The molecule has 0 saturated carbocycles. The van der Waals surface area contributed by atoms with E-state index in [1.54, 1.807) is 19.9 Å². The minimum Gasteiger partial charge on any atom is -0.166 e. The first-order chi connectivity index (χ1) is 5.82. The van der Waals surface area contributed by atoms with Gasteiger partial charge in [0, 0.05) is 0 Å². The van der Waals surface area contributed by atoms with Crippen molar-refractivity contribution in [3.63, 3.8) is 0 Å². The lowest BCUT2D eigenvalue weighted by molar-refractivity contribution is -0.0945. The zero-order chi connectivity index (χ0) is 10.2. The Labute approximate surface area is 80.1 Å². The highest BCUT2D eigenvalue weighted by Gasteiger charge is 2.40. The standard InChI is InChI=1S/C9H10ClF3/c1-5-3-6(2)8(10)7(4-5)9(11,12)13/h3-4,6,8H,1-2H3/t6-,8?/m0/s1. The van der Waals surface area contributed by atoms with Crippen LogP contribution in [0.5, 0.6) is 0 Å². The van der Waals surface area contributed by atoms with Crippen LogP contribution < -0.4 is 0 Å². The average molecular weight is 211 g/mol. The largest absolute Gasteiger partial charge is 0.414 e. The van der Waals surface area contributed by atoms with Gasteiger partial charge in [0.15, 0.2) is 0 Å². The molecule has 74 valence electrons. The molecule has 0 heterocycles. The molecule has 0 N–H and O–H groups in total. The summed E-state index contributed by atoms with van der Waals surface area (Å²) in [7, 11) is 0. The highest BCUT2D eigenvalue weighted by Crippen LogP contribution is 2.38. The summed E-state index contributed by atoms with van der Waals surface area (Å²) in [4.78, 5) is 0. The highest BCUT2D eigenvalue weighted by atomic mass is 35.5. The summed E-state index contributed by atoms with van der Waals surface area (Å²) in [6, 6.07) is 0. The summed E-state index contributed by atoms with van der Waals surface area (Å²) >= 11 is 5.65. The Balaban J connectivity index is 3.02. The van der Waals surface area contributed by atoms with E-state index in [-0.39, 0.29) is 5.92 Å². The summed E-state index contributed by atoms with van der Waals surface area (Å²) < 4.78 is 37.1. The predicted octanol–water partition coefficient (Wildman–Crippen LogP) is 3.68. The molecule has 0 nitrogen and oxygen atoms in total. The molecule has 1 aliphatic rings. The van der Waals surface area contributed by atoms with Gasteiger partial charge in [-0.05, 0) is 18.9 Å². The maximum atomic E-state index is 12.4. The molecule has 13 heavy (non-hydrogen) atoms. The minimum atomic E-state index is -4.31. The van der Waals surface area contributed by atoms with Crippen LogP contribution in [0.1, 0.15) is 13.8 Å². The number of halogens is 4. The van der Waals surface area contributed by atoms with Crippen LogP contribution in [0.25, 0.3) is 0 Å². The van der Waals surface area contributed by atoms with Crippen LogP contribution in [0.15, 0.2) is 23.3 Å². The van der Waals surface area contributed by atoms with Crippen LogP contribution in [0.4, 0.5) is 13.2 Å². The lowest BCUT2D eigenvalue weighted by Crippen LogP contribution is -2.27. The fourth-order valence-electron chi connectivity index (χ4n) is 1.39. The van der Waals surface area contributed by atoms with Crippen LogP contribution in [-0.2, 0) is 0 Å². The summed E-state index contributed by atoms with van der Waals surface area (Å²) in [5.41, 5.74) is -0.0154. The lowest BCUT2D eigenvalue weighted by atomic mass is 9.91. The molecule has 0 amide bonds. The number of hydrogen-bond acceptors (Lipinski definition) is 0. The van der Waals surface area contributed by atoms with E-state index in [1.807, 2.05) is 0 Å². The first kappa shape index (κ1) is 10.6. The Bertz CT molecular complexity index is 263. The summed E-state index contributed by atoms with van der Waals surface area (Å²) in [5, 5.41) is -0.955. The Hall–Kier alpha value is -0.440. The summed E-state index contributed by atoms with van der Waals surface area (Å²) in [5.74, 6) is -0.261. The number of alkyl halides is 4. The third-order valence-electron chi connectivity index (χ3n) is 2.00. The van der Waals surface area contributed by atoms with Crippen molar-refractivity contribution in [3.8, 4) is 0 Å². The molecule has 0 aromatic rings. The van der Waals surface area contributed by atoms with Crippen LogP contribution in [0, 0.1) is 5.92 Å². The number of allylic oxidation sites excluding steroid dienone is 4. The summed E-state index contributed by atoms with van der Waals surface area (Å²) in [6.07, 6.45) is -1.46. The van der Waals surface area contributed by atoms with Gasteiger partial charge in [-0.15, -0.1) is 11.6 Å². The maximum absolute atomic E-state index is 12.4. The van der Waals surface area contributed by atoms with Gasteiger partial charge in [0.2, 0.25) is 0 Å². The molecule has 0 bridgehead atoms. The van der Waals surface area contributed by atoms with E-state index in [4.69, 9.17) is 11.6 Å². The Morgan fingerprint density at radius 3 is 2.38 bits per heavy atom. The molecule has 1 aliphatic carbocycles. The van der Waals surface area contributed by atoms with Crippen LogP contribution >= 0.6 is 11.6 Å². The van der Waals surface area contributed by atoms with Gasteiger partial charge < -0.3 is 0 Å². The third kappa shape index (κ3) is 2.27. The van der Waals surface area contributed by atoms with Gasteiger partial charge in [-0.25, -0.2) is 0 Å². The zero-order valence-electron chi connectivity index (χ0n) is 7.32. The predicted molar refractivity (Wildman–Crippen MR) is 46.7 cm³/mol. The fraction of sp³-hybridized carbons (Fsp3) is 0.556. The quantitative estimate of drug-likeness (QED) is 0.535. The molecule has 0 aromatic heterocycles. The molecular formula is C9H10ClF3. The second kappa shape index (κ2) is 3.37. The molecule has 0 aliphatic heterocycles. The Morgan fingerprint density at radius 1 is 1.38 bits per heavy atom. The molecule has 1 rings (SSSR count). The van der Waals surface area contributed by atoms with E-state index in [2.05, 4.69) is 0 Å². The molecule has 0 aromatic carbocycles. The van der Waals surface area contributed by atoms with Crippen LogP contribution in [0.2, 0.25) is 0 Å². The van der Waals surface area contributed by atoms with Gasteiger partial charge in [0.05, 0.1) is 11.0 Å². The molecule has 0 saturated heterocycles. The monoisotopic (exact) mass is 210 g/mol. The van der Waals surface area contributed by atoms with E-state index in [9.17, 15) is 13.2 Å². The van der Waals surface area contributed by atoms with Crippen LogP contribution in [-0.4, -0.2) is 11.6 Å². The second-order valence-electron chi connectivity index (χ2n) is 3.27. The Kier molecular flexibility index (Phi) is 2.76. The van der Waals surface area contributed by atoms with Crippen LogP contribution in [0.3, 0.4) is 0 Å². The van der Waals surface area contributed by atoms with Crippen molar-refractivity contribution in [2.75, 3.05) is 0 Å². The van der Waals surface area contributed by atoms with Crippen molar-refractivity contribution in [2.24, 2.45) is 5.92 Å². The molecule has 2 atom stereocenters. The maximum Gasteiger partial charge on any atom is 0.414 e.